The van der Waals surface area contributed by atoms with Crippen molar-refractivity contribution in [2.75, 3.05) is 13.2 Å². The van der Waals surface area contributed by atoms with Gasteiger partial charge in [-0.25, -0.2) is 15.0 Å². The van der Waals surface area contributed by atoms with E-state index in [0.29, 0.717) is 31.4 Å². The summed E-state index contributed by atoms with van der Waals surface area (Å²) in [6.07, 6.45) is 4.64. The smallest absolute Gasteiger partial charge is 0.197 e. The van der Waals surface area contributed by atoms with E-state index in [4.69, 9.17) is 13.9 Å². The number of rotatable bonds is 6. The lowest BCUT2D eigenvalue weighted by Gasteiger charge is -2.42. The summed E-state index contributed by atoms with van der Waals surface area (Å²) in [5, 5.41) is 0. The van der Waals surface area contributed by atoms with Crippen LogP contribution in [0.2, 0.25) is 0 Å². The number of hydrogen-bond donors (Lipinski definition) is 0. The van der Waals surface area contributed by atoms with Gasteiger partial charge in [0.25, 0.3) is 0 Å². The predicted octanol–water partition coefficient (Wildman–Crippen LogP) is 4.34. The van der Waals surface area contributed by atoms with E-state index in [1.807, 2.05) is 18.2 Å². The normalized spacial score (nSPS) is 14.8. The number of benzene rings is 2. The Bertz CT molecular complexity index is 1120. The molecule has 0 spiro atoms. The molecule has 0 aliphatic carbocycles. The molecule has 0 radical (unpaired) electrons. The molecule has 6 heteroatoms. The van der Waals surface area contributed by atoms with Gasteiger partial charge in [-0.3, -0.25) is 0 Å². The molecular formula is C24H21N3O3. The maximum absolute atomic E-state index is 5.94. The molecule has 0 amide bonds. The largest absolute Gasteiger partial charge is 0.487 e. The zero-order chi connectivity index (χ0) is 20.4. The number of aryl methyl sites for hydroxylation is 1. The first-order chi connectivity index (χ1) is 14.7. The minimum absolute atomic E-state index is 0.0785. The fourth-order valence-corrected chi connectivity index (χ4v) is 3.63. The van der Waals surface area contributed by atoms with Gasteiger partial charge in [0.05, 0.1) is 30.5 Å². The standard InChI is InChI=1S/C24H21N3O3/c1-17-2-4-18(5-3-17)24(14-28-15-24)19-6-8-21(9-7-19)29-13-20-10-11-26-23(27-20)22-12-25-16-30-22/h2-12,16H,13-15H2,1H3. The lowest BCUT2D eigenvalue weighted by Crippen LogP contribution is -2.47. The molecule has 1 saturated heterocycles. The highest BCUT2D eigenvalue weighted by molar-refractivity contribution is 5.45. The van der Waals surface area contributed by atoms with Crippen LogP contribution >= 0.6 is 0 Å². The van der Waals surface area contributed by atoms with Crippen LogP contribution in [0.3, 0.4) is 0 Å². The van der Waals surface area contributed by atoms with Gasteiger partial charge in [-0.05, 0) is 36.2 Å². The van der Waals surface area contributed by atoms with Crippen molar-refractivity contribution in [3.8, 4) is 17.3 Å². The molecule has 30 heavy (non-hydrogen) atoms. The summed E-state index contributed by atoms with van der Waals surface area (Å²) in [5.74, 6) is 1.82. The summed E-state index contributed by atoms with van der Waals surface area (Å²) in [7, 11) is 0. The van der Waals surface area contributed by atoms with Crippen LogP contribution < -0.4 is 4.74 Å². The molecule has 0 bridgehead atoms. The lowest BCUT2D eigenvalue weighted by molar-refractivity contribution is -0.0380. The van der Waals surface area contributed by atoms with Crippen molar-refractivity contribution < 1.29 is 13.9 Å². The quantitative estimate of drug-likeness (QED) is 0.480. The first kappa shape index (κ1) is 18.5. The van der Waals surface area contributed by atoms with Crippen molar-refractivity contribution in [1.29, 1.82) is 0 Å². The van der Waals surface area contributed by atoms with Crippen molar-refractivity contribution in [3.63, 3.8) is 0 Å². The second-order valence-electron chi connectivity index (χ2n) is 7.49. The minimum Gasteiger partial charge on any atom is -0.487 e. The average Bonchev–Trinajstić information content (AvgIpc) is 3.29. The summed E-state index contributed by atoms with van der Waals surface area (Å²) in [6.45, 7) is 3.84. The Morgan fingerprint density at radius 2 is 1.70 bits per heavy atom. The third-order valence-corrected chi connectivity index (χ3v) is 5.46. The van der Waals surface area contributed by atoms with E-state index in [-0.39, 0.29) is 5.41 Å². The van der Waals surface area contributed by atoms with Crippen LogP contribution in [0.15, 0.2) is 77.8 Å². The fourth-order valence-electron chi connectivity index (χ4n) is 3.63. The van der Waals surface area contributed by atoms with Gasteiger partial charge in [0.15, 0.2) is 18.0 Å². The van der Waals surface area contributed by atoms with Gasteiger partial charge < -0.3 is 13.9 Å². The lowest BCUT2D eigenvalue weighted by atomic mass is 9.73. The highest BCUT2D eigenvalue weighted by Crippen LogP contribution is 2.39. The fraction of sp³-hybridized carbons (Fsp3) is 0.208. The van der Waals surface area contributed by atoms with E-state index in [1.54, 1.807) is 12.4 Å². The number of oxazole rings is 1. The maximum Gasteiger partial charge on any atom is 0.197 e. The summed E-state index contributed by atoms with van der Waals surface area (Å²) < 4.78 is 16.8. The number of nitrogens with zero attached hydrogens (tertiary/aromatic N) is 3. The van der Waals surface area contributed by atoms with Crippen LogP contribution in [0.1, 0.15) is 22.4 Å². The van der Waals surface area contributed by atoms with Crippen LogP contribution in [0, 0.1) is 6.92 Å². The summed E-state index contributed by atoms with van der Waals surface area (Å²) in [4.78, 5) is 12.6. The van der Waals surface area contributed by atoms with E-state index in [9.17, 15) is 0 Å². The van der Waals surface area contributed by atoms with Gasteiger partial charge in [0.1, 0.15) is 12.4 Å². The minimum atomic E-state index is -0.0785. The summed E-state index contributed by atoms with van der Waals surface area (Å²) in [6, 6.07) is 18.8. The number of ether oxygens (including phenoxy) is 2. The van der Waals surface area contributed by atoms with Crippen molar-refractivity contribution in [3.05, 3.63) is 95.8 Å². The molecule has 1 aliphatic rings. The van der Waals surface area contributed by atoms with Crippen LogP contribution in [-0.2, 0) is 16.8 Å². The molecule has 0 atom stereocenters. The Balaban J connectivity index is 1.30. The number of hydrogen-bond acceptors (Lipinski definition) is 6. The number of aromatic nitrogens is 3. The van der Waals surface area contributed by atoms with Crippen LogP contribution in [-0.4, -0.2) is 28.2 Å². The Morgan fingerprint density at radius 3 is 2.33 bits per heavy atom. The Kier molecular flexibility index (Phi) is 4.77. The molecule has 3 heterocycles. The molecule has 0 saturated carbocycles. The van der Waals surface area contributed by atoms with E-state index in [2.05, 4.69) is 58.3 Å². The van der Waals surface area contributed by atoms with E-state index in [1.165, 1.54) is 23.1 Å². The highest BCUT2D eigenvalue weighted by atomic mass is 16.5. The maximum atomic E-state index is 5.94. The van der Waals surface area contributed by atoms with E-state index in [0.717, 1.165) is 11.4 Å². The van der Waals surface area contributed by atoms with Crippen LogP contribution in [0.4, 0.5) is 0 Å². The summed E-state index contributed by atoms with van der Waals surface area (Å²) >= 11 is 0. The zero-order valence-corrected chi connectivity index (χ0v) is 16.6. The molecule has 2 aromatic heterocycles. The Morgan fingerprint density at radius 1 is 0.967 bits per heavy atom. The van der Waals surface area contributed by atoms with Gasteiger partial charge in [-0.2, -0.15) is 0 Å². The van der Waals surface area contributed by atoms with E-state index >= 15 is 0 Å². The average molecular weight is 399 g/mol. The van der Waals surface area contributed by atoms with Crippen molar-refractivity contribution in [2.24, 2.45) is 0 Å². The second-order valence-corrected chi connectivity index (χ2v) is 7.49. The first-order valence-electron chi connectivity index (χ1n) is 9.82. The first-order valence-corrected chi connectivity index (χ1v) is 9.82. The molecule has 5 rings (SSSR count). The molecular weight excluding hydrogens is 378 g/mol. The van der Waals surface area contributed by atoms with Gasteiger partial charge in [-0.15, -0.1) is 0 Å². The third-order valence-electron chi connectivity index (χ3n) is 5.46. The van der Waals surface area contributed by atoms with Gasteiger partial charge in [0.2, 0.25) is 0 Å². The molecule has 1 fully saturated rings. The Hall–Kier alpha value is -3.51. The monoisotopic (exact) mass is 399 g/mol. The van der Waals surface area contributed by atoms with Crippen LogP contribution in [0.25, 0.3) is 11.6 Å². The van der Waals surface area contributed by atoms with Crippen LogP contribution in [0.5, 0.6) is 5.75 Å². The summed E-state index contributed by atoms with van der Waals surface area (Å²) in [5.41, 5.74) is 4.47. The topological polar surface area (TPSA) is 70.3 Å². The van der Waals surface area contributed by atoms with Gasteiger partial charge in [0, 0.05) is 6.20 Å². The predicted molar refractivity (Wildman–Crippen MR) is 111 cm³/mol. The molecule has 0 unspecified atom stereocenters. The van der Waals surface area contributed by atoms with Gasteiger partial charge >= 0.3 is 0 Å². The zero-order valence-electron chi connectivity index (χ0n) is 16.6. The van der Waals surface area contributed by atoms with Crippen molar-refractivity contribution in [2.45, 2.75) is 18.9 Å². The van der Waals surface area contributed by atoms with Crippen molar-refractivity contribution >= 4 is 0 Å². The molecule has 4 aromatic rings. The second kappa shape index (κ2) is 7.72. The molecule has 6 nitrogen and oxygen atoms in total. The highest BCUT2D eigenvalue weighted by Gasteiger charge is 2.41. The van der Waals surface area contributed by atoms with Crippen molar-refractivity contribution in [1.82, 2.24) is 15.0 Å². The molecule has 2 aromatic carbocycles. The van der Waals surface area contributed by atoms with Gasteiger partial charge in [-0.1, -0.05) is 42.0 Å². The molecule has 1 aliphatic heterocycles. The third kappa shape index (κ3) is 3.46. The SMILES string of the molecule is Cc1ccc(C2(c3ccc(OCc4ccnc(-c5cnco5)n4)cc3)COC2)cc1. The Labute approximate surface area is 174 Å². The molecule has 150 valence electrons. The van der Waals surface area contributed by atoms with E-state index < -0.39 is 0 Å². The molecule has 0 N–H and O–H groups in total.